The maximum atomic E-state index is 13.8. The maximum absolute atomic E-state index is 13.8. The third-order valence-corrected chi connectivity index (χ3v) is 7.25. The lowest BCUT2D eigenvalue weighted by Crippen LogP contribution is -2.49. The van der Waals surface area contributed by atoms with Crippen LogP contribution in [0.4, 0.5) is 5.69 Å². The summed E-state index contributed by atoms with van der Waals surface area (Å²) in [6.45, 7) is 3.20. The number of esters is 1. The first-order valence-electron chi connectivity index (χ1n) is 12.0. The van der Waals surface area contributed by atoms with Gasteiger partial charge in [-0.15, -0.1) is 11.3 Å². The molecule has 37 heavy (non-hydrogen) atoms. The molecule has 3 aromatic heterocycles. The van der Waals surface area contributed by atoms with Crippen LogP contribution >= 0.6 is 11.3 Å². The zero-order valence-corrected chi connectivity index (χ0v) is 21.0. The Kier molecular flexibility index (Phi) is 6.91. The van der Waals surface area contributed by atoms with Crippen LogP contribution in [0.25, 0.3) is 10.2 Å². The van der Waals surface area contributed by atoms with E-state index in [2.05, 4.69) is 0 Å². The molecule has 1 saturated heterocycles. The van der Waals surface area contributed by atoms with Crippen LogP contribution in [0, 0.1) is 0 Å². The number of anilines is 1. The molecule has 190 valence electrons. The Labute approximate surface area is 216 Å². The van der Waals surface area contributed by atoms with Crippen molar-refractivity contribution < 1.29 is 23.5 Å². The third-order valence-electron chi connectivity index (χ3n) is 6.34. The number of piperazine rings is 1. The number of benzene rings is 1. The monoisotopic (exact) mass is 519 g/mol. The van der Waals surface area contributed by atoms with Gasteiger partial charge in [0.05, 0.1) is 35.3 Å². The second-order valence-electron chi connectivity index (χ2n) is 8.52. The number of aromatic nitrogens is 1. The molecule has 0 aliphatic carbocycles. The van der Waals surface area contributed by atoms with Crippen molar-refractivity contribution in [2.24, 2.45) is 0 Å². The summed E-state index contributed by atoms with van der Waals surface area (Å²) in [6.07, 6.45) is 1.46. The van der Waals surface area contributed by atoms with E-state index in [0.29, 0.717) is 47.6 Å². The highest BCUT2D eigenvalue weighted by Crippen LogP contribution is 2.34. The van der Waals surface area contributed by atoms with Crippen molar-refractivity contribution in [1.29, 1.82) is 0 Å². The summed E-state index contributed by atoms with van der Waals surface area (Å²) in [5.41, 5.74) is 0.886. The van der Waals surface area contributed by atoms with Gasteiger partial charge in [0.1, 0.15) is 5.56 Å². The van der Waals surface area contributed by atoms with E-state index in [0.717, 1.165) is 0 Å². The van der Waals surface area contributed by atoms with Crippen molar-refractivity contribution >= 4 is 44.9 Å². The largest absolute Gasteiger partial charge is 0.462 e. The van der Waals surface area contributed by atoms with Crippen LogP contribution in [0.15, 0.2) is 69.4 Å². The van der Waals surface area contributed by atoms with Crippen LogP contribution in [0.5, 0.6) is 0 Å². The first kappa shape index (κ1) is 24.5. The lowest BCUT2D eigenvalue weighted by atomic mass is 10.1. The molecule has 0 saturated carbocycles. The molecule has 4 aromatic rings. The Balaban J connectivity index is 1.52. The summed E-state index contributed by atoms with van der Waals surface area (Å²) in [6, 6.07) is 13.8. The van der Waals surface area contributed by atoms with Crippen molar-refractivity contribution in [3.8, 4) is 0 Å². The lowest BCUT2D eigenvalue weighted by molar-refractivity contribution is 0.0522. The second kappa shape index (κ2) is 10.4. The quantitative estimate of drug-likeness (QED) is 0.271. The van der Waals surface area contributed by atoms with Gasteiger partial charge in [0.25, 0.3) is 11.5 Å². The van der Waals surface area contributed by atoms with Crippen LogP contribution in [0.3, 0.4) is 0 Å². The molecule has 1 aliphatic heterocycles. The summed E-state index contributed by atoms with van der Waals surface area (Å²) in [4.78, 5) is 56.2. The van der Waals surface area contributed by atoms with Gasteiger partial charge in [0.15, 0.2) is 11.5 Å². The van der Waals surface area contributed by atoms with Gasteiger partial charge in [-0.05, 0) is 30.5 Å². The van der Waals surface area contributed by atoms with Gasteiger partial charge in [-0.25, -0.2) is 4.79 Å². The van der Waals surface area contributed by atoms with Crippen LogP contribution in [0.1, 0.15) is 38.2 Å². The molecule has 0 radical (unpaired) electrons. The van der Waals surface area contributed by atoms with E-state index in [1.54, 1.807) is 54.3 Å². The topological polar surface area (TPSA) is 102 Å². The van der Waals surface area contributed by atoms with E-state index < -0.39 is 11.5 Å². The highest BCUT2D eigenvalue weighted by atomic mass is 32.1. The van der Waals surface area contributed by atoms with E-state index in [1.165, 1.54) is 22.2 Å². The molecule has 0 N–H and O–H groups in total. The maximum Gasteiger partial charge on any atom is 0.345 e. The Morgan fingerprint density at radius 3 is 2.43 bits per heavy atom. The summed E-state index contributed by atoms with van der Waals surface area (Å²) in [5, 5.41) is 1.84. The van der Waals surface area contributed by atoms with Crippen LogP contribution in [-0.2, 0) is 11.3 Å². The fourth-order valence-electron chi connectivity index (χ4n) is 4.55. The van der Waals surface area contributed by atoms with Crippen LogP contribution < -0.4 is 10.5 Å². The number of hydrogen-bond acceptors (Lipinski definition) is 8. The number of ketones is 1. The van der Waals surface area contributed by atoms with Gasteiger partial charge in [-0.3, -0.25) is 19.0 Å². The molecule has 5 rings (SSSR count). The minimum absolute atomic E-state index is 0.0940. The number of thiophene rings is 1. The number of pyridine rings is 1. The van der Waals surface area contributed by atoms with Crippen molar-refractivity contribution in [1.82, 2.24) is 9.47 Å². The molecular formula is C27H25N3O6S. The number of fused-ring (bicyclic) bond motifs is 1. The molecule has 0 atom stereocenters. The highest BCUT2D eigenvalue weighted by molar-refractivity contribution is 7.17. The van der Waals surface area contributed by atoms with E-state index in [4.69, 9.17) is 9.15 Å². The molecular weight excluding hydrogens is 494 g/mol. The van der Waals surface area contributed by atoms with Gasteiger partial charge in [0.2, 0.25) is 0 Å². The predicted molar refractivity (Wildman–Crippen MR) is 140 cm³/mol. The van der Waals surface area contributed by atoms with E-state index in [-0.39, 0.29) is 36.2 Å². The molecule has 10 heteroatoms. The molecule has 0 bridgehead atoms. The number of nitrogens with zero attached hydrogens (tertiary/aromatic N) is 3. The van der Waals surface area contributed by atoms with Gasteiger partial charge in [-0.1, -0.05) is 30.3 Å². The second-order valence-corrected chi connectivity index (χ2v) is 9.43. The van der Waals surface area contributed by atoms with Crippen molar-refractivity contribution in [2.45, 2.75) is 13.5 Å². The van der Waals surface area contributed by atoms with Crippen LogP contribution in [0.2, 0.25) is 0 Å². The fourth-order valence-corrected chi connectivity index (χ4v) is 5.52. The van der Waals surface area contributed by atoms with E-state index >= 15 is 0 Å². The Morgan fingerprint density at radius 1 is 1.00 bits per heavy atom. The summed E-state index contributed by atoms with van der Waals surface area (Å²) in [5.74, 6) is -0.894. The number of Topliss-reactive ketones (excluding diaryl/α,β-unsaturated/α-hetero) is 1. The average molecular weight is 520 g/mol. The van der Waals surface area contributed by atoms with Gasteiger partial charge in [-0.2, -0.15) is 0 Å². The first-order valence-corrected chi connectivity index (χ1v) is 12.8. The lowest BCUT2D eigenvalue weighted by Gasteiger charge is -2.36. The average Bonchev–Trinajstić information content (AvgIpc) is 3.63. The van der Waals surface area contributed by atoms with Gasteiger partial charge in [0, 0.05) is 31.7 Å². The number of hydrogen-bond donors (Lipinski definition) is 0. The van der Waals surface area contributed by atoms with E-state index in [9.17, 15) is 19.2 Å². The number of carbonyl (C=O) groups is 3. The van der Waals surface area contributed by atoms with Crippen molar-refractivity contribution in [2.75, 3.05) is 37.7 Å². The number of ether oxygens (including phenoxy) is 1. The highest BCUT2D eigenvalue weighted by Gasteiger charge is 2.31. The molecule has 1 amide bonds. The van der Waals surface area contributed by atoms with Crippen LogP contribution in [-0.4, -0.2) is 59.9 Å². The van der Waals surface area contributed by atoms with E-state index in [1.807, 2.05) is 16.3 Å². The van der Waals surface area contributed by atoms with Gasteiger partial charge < -0.3 is 19.0 Å². The molecule has 0 spiro atoms. The normalized spacial score (nSPS) is 13.6. The predicted octanol–water partition coefficient (Wildman–Crippen LogP) is 3.68. The standard InChI is InChI=1S/C27H25N3O6S/c1-2-35-27(34)22-23(28-11-13-29(14-12-28)25(32)21-9-6-15-36-21)24-19(10-16-37-24)30(26(22)33)17-20(31)18-7-4-3-5-8-18/h3-10,15-16H,2,11-14,17H2,1H3. The zero-order valence-electron chi connectivity index (χ0n) is 20.2. The number of carbonyl (C=O) groups excluding carboxylic acids is 3. The molecule has 0 unspecified atom stereocenters. The van der Waals surface area contributed by atoms with Crippen molar-refractivity contribution in [3.05, 3.63) is 87.4 Å². The number of rotatable bonds is 7. The SMILES string of the molecule is CCOC(=O)c1c(N2CCN(C(=O)c3ccco3)CC2)c2sccc2n(CC(=O)c2ccccc2)c1=O. The Bertz CT molecular complexity index is 1500. The summed E-state index contributed by atoms with van der Waals surface area (Å²) >= 11 is 1.39. The Hall–Kier alpha value is -4.18. The summed E-state index contributed by atoms with van der Waals surface area (Å²) in [7, 11) is 0. The molecule has 9 nitrogen and oxygen atoms in total. The molecule has 1 fully saturated rings. The first-order chi connectivity index (χ1) is 18.0. The molecule has 1 aromatic carbocycles. The fraction of sp³-hybridized carbons (Fsp3) is 0.259. The smallest absolute Gasteiger partial charge is 0.345 e. The number of furan rings is 1. The number of amides is 1. The summed E-state index contributed by atoms with van der Waals surface area (Å²) < 4.78 is 12.6. The van der Waals surface area contributed by atoms with Gasteiger partial charge >= 0.3 is 5.97 Å². The Morgan fingerprint density at radius 2 is 1.76 bits per heavy atom. The minimum Gasteiger partial charge on any atom is -0.462 e. The molecule has 1 aliphatic rings. The minimum atomic E-state index is -0.729. The molecule has 4 heterocycles. The third kappa shape index (κ3) is 4.67. The zero-order chi connectivity index (χ0) is 25.9. The van der Waals surface area contributed by atoms with Crippen molar-refractivity contribution in [3.63, 3.8) is 0 Å².